The second-order valence-corrected chi connectivity index (χ2v) is 6.63. The van der Waals surface area contributed by atoms with Crippen molar-refractivity contribution in [3.8, 4) is 11.4 Å². The van der Waals surface area contributed by atoms with Crippen molar-refractivity contribution >= 4 is 16.7 Å². The van der Waals surface area contributed by atoms with Gasteiger partial charge in [-0.3, -0.25) is 0 Å². The van der Waals surface area contributed by atoms with E-state index in [9.17, 15) is 0 Å². The van der Waals surface area contributed by atoms with Crippen LogP contribution < -0.4 is 10.1 Å². The van der Waals surface area contributed by atoms with Gasteiger partial charge in [0.1, 0.15) is 23.4 Å². The van der Waals surface area contributed by atoms with E-state index in [1.165, 1.54) is 6.33 Å². The number of nitrogens with one attached hydrogen (secondary N) is 1. The maximum absolute atomic E-state index is 5.57. The molecule has 0 aliphatic carbocycles. The molecule has 0 aliphatic rings. The molecule has 0 radical (unpaired) electrons. The molecule has 4 aromatic rings. The summed E-state index contributed by atoms with van der Waals surface area (Å²) in [5.74, 6) is 1.36. The molecule has 28 heavy (non-hydrogen) atoms. The van der Waals surface area contributed by atoms with Gasteiger partial charge in [-0.05, 0) is 45.0 Å². The number of aromatic nitrogens is 6. The second kappa shape index (κ2) is 7.22. The minimum atomic E-state index is -0.0761. The lowest BCUT2D eigenvalue weighted by Gasteiger charge is -2.16. The number of nitrogens with zero attached hydrogens (tertiary/aromatic N) is 6. The number of hydrogen-bond donors (Lipinski definition) is 1. The monoisotopic (exact) mass is 375 g/mol. The number of methoxy groups -OCH3 is 1. The SMILES string of the molecule is COc1cc(-n2ccc(C)n2)cc2c(N[C@H](C)c3ccc(C)nn3)ncnc12. The first-order valence-corrected chi connectivity index (χ1v) is 8.97. The van der Waals surface area contributed by atoms with Crippen LogP contribution in [0.15, 0.2) is 42.9 Å². The Morgan fingerprint density at radius 3 is 2.57 bits per heavy atom. The van der Waals surface area contributed by atoms with E-state index in [1.54, 1.807) is 7.11 Å². The average molecular weight is 375 g/mol. The Balaban J connectivity index is 1.78. The molecule has 142 valence electrons. The minimum Gasteiger partial charge on any atom is -0.494 e. The number of anilines is 1. The highest BCUT2D eigenvalue weighted by atomic mass is 16.5. The van der Waals surface area contributed by atoms with Gasteiger partial charge in [0.05, 0.1) is 35.9 Å². The lowest BCUT2D eigenvalue weighted by Crippen LogP contribution is -2.11. The summed E-state index contributed by atoms with van der Waals surface area (Å²) < 4.78 is 7.38. The number of aryl methyl sites for hydroxylation is 2. The molecular formula is C20H21N7O. The van der Waals surface area contributed by atoms with Gasteiger partial charge in [0.25, 0.3) is 0 Å². The van der Waals surface area contributed by atoms with Crippen molar-refractivity contribution in [3.05, 3.63) is 59.9 Å². The molecule has 4 rings (SSSR count). The van der Waals surface area contributed by atoms with E-state index in [0.29, 0.717) is 11.6 Å². The molecular weight excluding hydrogens is 354 g/mol. The Morgan fingerprint density at radius 1 is 1.04 bits per heavy atom. The lowest BCUT2D eigenvalue weighted by molar-refractivity contribution is 0.418. The van der Waals surface area contributed by atoms with Gasteiger partial charge in [-0.15, -0.1) is 0 Å². The Hall–Kier alpha value is -3.55. The van der Waals surface area contributed by atoms with Crippen LogP contribution >= 0.6 is 0 Å². The van der Waals surface area contributed by atoms with Crippen LogP contribution in [0, 0.1) is 13.8 Å². The van der Waals surface area contributed by atoms with Crippen LogP contribution in [0.3, 0.4) is 0 Å². The average Bonchev–Trinajstić information content (AvgIpc) is 3.14. The molecule has 3 aromatic heterocycles. The number of ether oxygens (including phenoxy) is 1. The van der Waals surface area contributed by atoms with E-state index in [0.717, 1.165) is 33.7 Å². The van der Waals surface area contributed by atoms with Crippen molar-refractivity contribution in [1.82, 2.24) is 29.9 Å². The number of benzene rings is 1. The Morgan fingerprint density at radius 2 is 1.89 bits per heavy atom. The Labute approximate surface area is 162 Å². The molecule has 0 fully saturated rings. The maximum Gasteiger partial charge on any atom is 0.147 e. The highest BCUT2D eigenvalue weighted by Gasteiger charge is 2.15. The molecule has 8 nitrogen and oxygen atoms in total. The molecule has 0 saturated carbocycles. The summed E-state index contributed by atoms with van der Waals surface area (Å²) in [5.41, 5.74) is 4.26. The van der Waals surface area contributed by atoms with Gasteiger partial charge < -0.3 is 10.1 Å². The first-order chi connectivity index (χ1) is 13.5. The zero-order valence-corrected chi connectivity index (χ0v) is 16.2. The van der Waals surface area contributed by atoms with Crippen molar-refractivity contribution in [1.29, 1.82) is 0 Å². The van der Waals surface area contributed by atoms with E-state index < -0.39 is 0 Å². The molecule has 0 saturated heterocycles. The first kappa shape index (κ1) is 17.8. The third-order valence-electron chi connectivity index (χ3n) is 4.51. The molecule has 0 spiro atoms. The van der Waals surface area contributed by atoms with Crippen LogP contribution in [0.4, 0.5) is 5.82 Å². The topological polar surface area (TPSA) is 90.6 Å². The second-order valence-electron chi connectivity index (χ2n) is 6.63. The predicted octanol–water partition coefficient (Wildman–Crippen LogP) is 3.40. The minimum absolute atomic E-state index is 0.0761. The molecule has 8 heteroatoms. The quantitative estimate of drug-likeness (QED) is 0.571. The molecule has 0 bridgehead atoms. The van der Waals surface area contributed by atoms with Gasteiger partial charge in [0.2, 0.25) is 0 Å². The van der Waals surface area contributed by atoms with Crippen LogP contribution in [-0.2, 0) is 0 Å². The van der Waals surface area contributed by atoms with Crippen molar-refractivity contribution < 1.29 is 4.74 Å². The fraction of sp³-hybridized carbons (Fsp3) is 0.250. The summed E-state index contributed by atoms with van der Waals surface area (Å²) >= 11 is 0. The number of hydrogen-bond acceptors (Lipinski definition) is 7. The summed E-state index contributed by atoms with van der Waals surface area (Å²) in [7, 11) is 1.63. The van der Waals surface area contributed by atoms with E-state index in [-0.39, 0.29) is 6.04 Å². The van der Waals surface area contributed by atoms with E-state index in [2.05, 4.69) is 30.6 Å². The molecule has 1 N–H and O–H groups in total. The number of rotatable bonds is 5. The summed E-state index contributed by atoms with van der Waals surface area (Å²) in [6, 6.07) is 9.70. The fourth-order valence-electron chi connectivity index (χ4n) is 3.00. The smallest absolute Gasteiger partial charge is 0.147 e. The van der Waals surface area contributed by atoms with Gasteiger partial charge in [0, 0.05) is 17.6 Å². The third kappa shape index (κ3) is 3.36. The fourth-order valence-corrected chi connectivity index (χ4v) is 3.00. The van der Waals surface area contributed by atoms with Crippen molar-refractivity contribution in [2.45, 2.75) is 26.8 Å². The highest BCUT2D eigenvalue weighted by Crippen LogP contribution is 2.32. The highest BCUT2D eigenvalue weighted by molar-refractivity contribution is 5.94. The molecule has 1 atom stereocenters. The van der Waals surface area contributed by atoms with E-state index in [1.807, 2.05) is 62.0 Å². The molecule has 0 amide bonds. The lowest BCUT2D eigenvalue weighted by atomic mass is 10.1. The van der Waals surface area contributed by atoms with Crippen LogP contribution in [0.5, 0.6) is 5.75 Å². The summed E-state index contributed by atoms with van der Waals surface area (Å²) in [4.78, 5) is 8.86. The van der Waals surface area contributed by atoms with Gasteiger partial charge in [-0.25, -0.2) is 14.6 Å². The zero-order valence-electron chi connectivity index (χ0n) is 16.2. The Kier molecular flexibility index (Phi) is 4.60. The first-order valence-electron chi connectivity index (χ1n) is 8.97. The van der Waals surface area contributed by atoms with Crippen LogP contribution in [-0.4, -0.2) is 37.1 Å². The van der Waals surface area contributed by atoms with Gasteiger partial charge in [-0.1, -0.05) is 0 Å². The van der Waals surface area contributed by atoms with Gasteiger partial charge in [-0.2, -0.15) is 15.3 Å². The van der Waals surface area contributed by atoms with Crippen LogP contribution in [0.25, 0.3) is 16.6 Å². The molecule has 1 aromatic carbocycles. The zero-order chi connectivity index (χ0) is 19.7. The van der Waals surface area contributed by atoms with Crippen LogP contribution in [0.2, 0.25) is 0 Å². The molecule has 0 unspecified atom stereocenters. The van der Waals surface area contributed by atoms with Gasteiger partial charge >= 0.3 is 0 Å². The van der Waals surface area contributed by atoms with Crippen molar-refractivity contribution in [2.24, 2.45) is 0 Å². The molecule has 0 aliphatic heterocycles. The molecule has 3 heterocycles. The Bertz CT molecular complexity index is 1120. The van der Waals surface area contributed by atoms with E-state index in [4.69, 9.17) is 4.74 Å². The van der Waals surface area contributed by atoms with E-state index >= 15 is 0 Å². The standard InChI is InChI=1S/C20H21N7O/c1-12-5-6-17(25-24-12)14(3)23-20-16-9-15(27-8-7-13(2)26-27)10-18(28-4)19(16)21-11-22-20/h5-11,14H,1-4H3,(H,21,22,23)/t14-/m1/s1. The van der Waals surface area contributed by atoms with Crippen molar-refractivity contribution in [3.63, 3.8) is 0 Å². The predicted molar refractivity (Wildman–Crippen MR) is 107 cm³/mol. The summed E-state index contributed by atoms with van der Waals surface area (Å²) in [6.07, 6.45) is 3.44. The normalized spacial score (nSPS) is 12.1. The maximum atomic E-state index is 5.57. The summed E-state index contributed by atoms with van der Waals surface area (Å²) in [5, 5.41) is 17.1. The largest absolute Gasteiger partial charge is 0.494 e. The van der Waals surface area contributed by atoms with Gasteiger partial charge in [0.15, 0.2) is 0 Å². The van der Waals surface area contributed by atoms with Crippen LogP contribution in [0.1, 0.15) is 30.0 Å². The number of fused-ring (bicyclic) bond motifs is 1. The summed E-state index contributed by atoms with van der Waals surface area (Å²) in [6.45, 7) is 5.89. The van der Waals surface area contributed by atoms with Crippen molar-refractivity contribution in [2.75, 3.05) is 12.4 Å². The third-order valence-corrected chi connectivity index (χ3v) is 4.51.